The van der Waals surface area contributed by atoms with Crippen LogP contribution in [0.15, 0.2) is 34.3 Å². The van der Waals surface area contributed by atoms with E-state index in [1.54, 1.807) is 0 Å². The Hall–Kier alpha value is -1.60. The summed E-state index contributed by atoms with van der Waals surface area (Å²) in [6.07, 6.45) is 1.95. The van der Waals surface area contributed by atoms with Crippen LogP contribution in [0.3, 0.4) is 0 Å². The number of hydrogen-bond donors (Lipinski definition) is 3. The third-order valence-electron chi connectivity index (χ3n) is 3.41. The predicted octanol–water partition coefficient (Wildman–Crippen LogP) is 1.33. The van der Waals surface area contributed by atoms with Gasteiger partial charge in [0.25, 0.3) is 0 Å². The Morgan fingerprint density at radius 2 is 1.86 bits per heavy atom. The summed E-state index contributed by atoms with van der Waals surface area (Å²) < 4.78 is 24.4. The van der Waals surface area contributed by atoms with Crippen LogP contribution in [0.25, 0.3) is 0 Å². The maximum atomic E-state index is 12.2. The van der Waals surface area contributed by atoms with Crippen molar-refractivity contribution >= 4 is 15.7 Å². The minimum absolute atomic E-state index is 0.0469. The molecule has 1 aromatic carbocycles. The average Bonchev–Trinajstić information content (AvgIpc) is 2.51. The lowest BCUT2D eigenvalue weighted by atomic mass is 10.2. The fourth-order valence-corrected chi connectivity index (χ4v) is 3.16. The number of amidine groups is 1. The second kappa shape index (κ2) is 7.99. The number of hydrogen-bond acceptors (Lipinski definition) is 5. The van der Waals surface area contributed by atoms with E-state index in [1.807, 2.05) is 0 Å². The van der Waals surface area contributed by atoms with Crippen LogP contribution in [0.2, 0.25) is 0 Å². The first-order chi connectivity index (χ1) is 9.94. The van der Waals surface area contributed by atoms with Gasteiger partial charge in [0.1, 0.15) is 0 Å². The Morgan fingerprint density at radius 1 is 1.29 bits per heavy atom. The second-order valence-corrected chi connectivity index (χ2v) is 6.91. The molecule has 0 saturated heterocycles. The van der Waals surface area contributed by atoms with Gasteiger partial charge in [-0.05, 0) is 37.1 Å². The highest BCUT2D eigenvalue weighted by Crippen LogP contribution is 2.12. The van der Waals surface area contributed by atoms with Crippen LogP contribution in [-0.2, 0) is 9.84 Å². The van der Waals surface area contributed by atoms with Crippen LogP contribution in [0.1, 0.15) is 32.3 Å². The van der Waals surface area contributed by atoms with Crippen LogP contribution in [0.4, 0.5) is 0 Å². The van der Waals surface area contributed by atoms with Gasteiger partial charge in [0.15, 0.2) is 15.7 Å². The first kappa shape index (κ1) is 17.5. The highest BCUT2D eigenvalue weighted by atomic mass is 32.2. The molecule has 0 spiro atoms. The van der Waals surface area contributed by atoms with Crippen molar-refractivity contribution in [2.75, 3.05) is 12.3 Å². The minimum atomic E-state index is -3.33. The van der Waals surface area contributed by atoms with Gasteiger partial charge in [-0.2, -0.15) is 0 Å². The molecular formula is C14H23N3O3S. The fourth-order valence-electron chi connectivity index (χ4n) is 1.98. The first-order valence-corrected chi connectivity index (χ1v) is 8.63. The second-order valence-electron chi connectivity index (χ2n) is 4.80. The van der Waals surface area contributed by atoms with E-state index < -0.39 is 9.84 Å². The molecule has 0 aliphatic rings. The number of benzene rings is 1. The van der Waals surface area contributed by atoms with Crippen molar-refractivity contribution < 1.29 is 13.6 Å². The van der Waals surface area contributed by atoms with E-state index in [1.165, 1.54) is 24.3 Å². The van der Waals surface area contributed by atoms with Gasteiger partial charge in [0.2, 0.25) is 0 Å². The third-order valence-corrected chi connectivity index (χ3v) is 5.14. The molecular weight excluding hydrogens is 290 g/mol. The summed E-state index contributed by atoms with van der Waals surface area (Å²) in [5, 5.41) is 14.7. The molecule has 0 aromatic heterocycles. The number of oxime groups is 1. The van der Waals surface area contributed by atoms with Crippen LogP contribution < -0.4 is 11.1 Å². The molecule has 0 saturated carbocycles. The fraction of sp³-hybridized carbons (Fsp3) is 0.500. The van der Waals surface area contributed by atoms with Crippen molar-refractivity contribution in [3.8, 4) is 0 Å². The Kier molecular flexibility index (Phi) is 6.64. The molecule has 0 radical (unpaired) electrons. The van der Waals surface area contributed by atoms with Gasteiger partial charge in [-0.25, -0.2) is 8.42 Å². The summed E-state index contributed by atoms with van der Waals surface area (Å²) >= 11 is 0. The van der Waals surface area contributed by atoms with E-state index in [0.29, 0.717) is 18.2 Å². The topological polar surface area (TPSA) is 105 Å². The Morgan fingerprint density at radius 3 is 2.33 bits per heavy atom. The highest BCUT2D eigenvalue weighted by Gasteiger charge is 2.15. The van der Waals surface area contributed by atoms with Crippen molar-refractivity contribution in [2.24, 2.45) is 10.9 Å². The van der Waals surface area contributed by atoms with Crippen molar-refractivity contribution in [1.29, 1.82) is 0 Å². The molecule has 7 heteroatoms. The maximum absolute atomic E-state index is 12.2. The number of nitrogens with two attached hydrogens (primary N) is 1. The zero-order valence-corrected chi connectivity index (χ0v) is 13.2. The van der Waals surface area contributed by atoms with E-state index in [0.717, 1.165) is 12.8 Å². The number of sulfone groups is 1. The monoisotopic (exact) mass is 313 g/mol. The molecule has 6 nitrogen and oxygen atoms in total. The van der Waals surface area contributed by atoms with Gasteiger partial charge in [-0.15, -0.1) is 0 Å². The lowest BCUT2D eigenvalue weighted by molar-refractivity contribution is 0.318. The van der Waals surface area contributed by atoms with Crippen molar-refractivity contribution in [2.45, 2.75) is 37.6 Å². The molecule has 21 heavy (non-hydrogen) atoms. The number of nitrogens with zero attached hydrogens (tertiary/aromatic N) is 1. The Bertz CT molecular complexity index is 564. The first-order valence-electron chi connectivity index (χ1n) is 6.98. The molecule has 0 atom stereocenters. The number of nitrogens with one attached hydrogen (secondary N) is 1. The molecule has 0 bridgehead atoms. The van der Waals surface area contributed by atoms with E-state index in [-0.39, 0.29) is 16.5 Å². The zero-order chi connectivity index (χ0) is 15.9. The summed E-state index contributed by atoms with van der Waals surface area (Å²) in [7, 11) is -3.33. The molecule has 0 heterocycles. The lowest BCUT2D eigenvalue weighted by Gasteiger charge is -2.14. The van der Waals surface area contributed by atoms with Crippen LogP contribution in [0.5, 0.6) is 0 Å². The van der Waals surface area contributed by atoms with Gasteiger partial charge >= 0.3 is 0 Å². The molecule has 4 N–H and O–H groups in total. The number of rotatable bonds is 8. The molecule has 0 amide bonds. The largest absolute Gasteiger partial charge is 0.409 e. The van der Waals surface area contributed by atoms with Gasteiger partial charge < -0.3 is 16.3 Å². The summed E-state index contributed by atoms with van der Waals surface area (Å²) in [4.78, 5) is 0.239. The van der Waals surface area contributed by atoms with Gasteiger partial charge in [0.05, 0.1) is 10.6 Å². The smallest absolute Gasteiger partial charge is 0.179 e. The summed E-state index contributed by atoms with van der Waals surface area (Å²) in [5.74, 6) is 0.00113. The van der Waals surface area contributed by atoms with E-state index in [9.17, 15) is 8.42 Å². The van der Waals surface area contributed by atoms with Gasteiger partial charge in [0, 0.05) is 18.2 Å². The van der Waals surface area contributed by atoms with Crippen LogP contribution in [-0.4, -0.2) is 37.8 Å². The van der Waals surface area contributed by atoms with Crippen molar-refractivity contribution in [3.63, 3.8) is 0 Å². The van der Waals surface area contributed by atoms with Crippen molar-refractivity contribution in [3.05, 3.63) is 29.8 Å². The summed E-state index contributed by atoms with van der Waals surface area (Å²) in [6, 6.07) is 6.34. The van der Waals surface area contributed by atoms with Crippen LogP contribution >= 0.6 is 0 Å². The predicted molar refractivity (Wildman–Crippen MR) is 83.4 cm³/mol. The quantitative estimate of drug-likeness (QED) is 0.291. The normalized spacial score (nSPS) is 12.8. The lowest BCUT2D eigenvalue weighted by Crippen LogP contribution is -2.32. The Labute approximate surface area is 126 Å². The van der Waals surface area contributed by atoms with Crippen LogP contribution in [0, 0.1) is 0 Å². The summed E-state index contributed by atoms with van der Waals surface area (Å²) in [5.41, 5.74) is 5.92. The molecule has 0 unspecified atom stereocenters. The highest BCUT2D eigenvalue weighted by molar-refractivity contribution is 7.91. The molecule has 0 aliphatic carbocycles. The van der Waals surface area contributed by atoms with E-state index >= 15 is 0 Å². The van der Waals surface area contributed by atoms with Gasteiger partial charge in [-0.1, -0.05) is 19.0 Å². The van der Waals surface area contributed by atoms with Gasteiger partial charge in [-0.3, -0.25) is 0 Å². The standard InChI is InChI=1S/C14H23N3O3S/c1-3-12(4-2)16-9-10-21(19,20)13-7-5-11(6-8-13)14(15)17-18/h5-8,12,16,18H,3-4,9-10H2,1-2H3,(H2,15,17). The Balaban J connectivity index is 2.70. The minimum Gasteiger partial charge on any atom is -0.409 e. The average molecular weight is 313 g/mol. The molecule has 0 fully saturated rings. The maximum Gasteiger partial charge on any atom is 0.179 e. The molecule has 1 rings (SSSR count). The molecule has 118 valence electrons. The summed E-state index contributed by atoms with van der Waals surface area (Å²) in [6.45, 7) is 4.57. The molecule has 1 aromatic rings. The third kappa shape index (κ3) is 5.02. The SMILES string of the molecule is CCC(CC)NCCS(=O)(=O)c1ccc(/C(N)=N/O)cc1. The molecule has 0 aliphatic heterocycles. The zero-order valence-electron chi connectivity index (χ0n) is 12.4. The van der Waals surface area contributed by atoms with E-state index in [4.69, 9.17) is 10.9 Å². The van der Waals surface area contributed by atoms with E-state index in [2.05, 4.69) is 24.3 Å². The van der Waals surface area contributed by atoms with Crippen molar-refractivity contribution in [1.82, 2.24) is 5.32 Å².